The smallest absolute Gasteiger partial charge is 0.400 e. The van der Waals surface area contributed by atoms with Crippen LogP contribution in [-0.2, 0) is 14.1 Å². The maximum Gasteiger partial charge on any atom is 0.492 e. The van der Waals surface area contributed by atoms with Crippen molar-refractivity contribution in [2.45, 2.75) is 45.8 Å². The summed E-state index contributed by atoms with van der Waals surface area (Å²) in [4.78, 5) is 26.2. The lowest BCUT2D eigenvalue weighted by Crippen LogP contribution is -2.41. The van der Waals surface area contributed by atoms with Crippen LogP contribution >= 0.6 is 11.3 Å². The van der Waals surface area contributed by atoms with Gasteiger partial charge >= 0.3 is 7.12 Å². The summed E-state index contributed by atoms with van der Waals surface area (Å²) in [5.74, 6) is -0.139. The molecule has 1 aromatic heterocycles. The molecule has 23 heavy (non-hydrogen) atoms. The highest BCUT2D eigenvalue weighted by atomic mass is 32.1. The summed E-state index contributed by atoms with van der Waals surface area (Å²) >= 11 is 1.35. The molecule has 1 N–H and O–H groups in total. The molecule has 0 spiro atoms. The Balaban J connectivity index is 2.27. The van der Waals surface area contributed by atoms with Crippen LogP contribution in [0.4, 0.5) is 0 Å². The zero-order valence-electron chi connectivity index (χ0n) is 14.0. The van der Waals surface area contributed by atoms with E-state index in [4.69, 9.17) is 9.31 Å². The van der Waals surface area contributed by atoms with Crippen molar-refractivity contribution >= 4 is 36.7 Å². The third-order valence-electron chi connectivity index (χ3n) is 4.07. The fourth-order valence-corrected chi connectivity index (χ4v) is 2.73. The summed E-state index contributed by atoms with van der Waals surface area (Å²) in [6.07, 6.45) is 2.51. The first-order chi connectivity index (χ1) is 10.6. The van der Waals surface area contributed by atoms with Gasteiger partial charge in [0.2, 0.25) is 5.91 Å². The molecule has 0 atom stereocenters. The molecule has 0 unspecified atom stereocenters. The van der Waals surface area contributed by atoms with Crippen molar-refractivity contribution in [2.75, 3.05) is 6.54 Å². The molecule has 0 bridgehead atoms. The molecule has 0 radical (unpaired) electrons. The summed E-state index contributed by atoms with van der Waals surface area (Å²) < 4.78 is 12.1. The van der Waals surface area contributed by atoms with Crippen molar-refractivity contribution in [1.29, 1.82) is 0 Å². The topological polar surface area (TPSA) is 77.5 Å². The normalized spacial score (nSPS) is 19.7. The first-order valence-corrected chi connectivity index (χ1v) is 8.24. The summed E-state index contributed by atoms with van der Waals surface area (Å²) in [7, 11) is -0.574. The Morgan fingerprint density at radius 3 is 2.43 bits per heavy atom. The number of thiazole rings is 1. The molecule has 1 aliphatic rings. The number of rotatable bonds is 5. The molecule has 1 fully saturated rings. The Labute approximate surface area is 140 Å². The van der Waals surface area contributed by atoms with Gasteiger partial charge in [-0.15, -0.1) is 11.3 Å². The molecule has 8 heteroatoms. The Bertz CT molecular complexity index is 623. The van der Waals surface area contributed by atoms with Crippen molar-refractivity contribution in [3.63, 3.8) is 0 Å². The van der Waals surface area contributed by atoms with Gasteiger partial charge in [-0.2, -0.15) is 0 Å². The van der Waals surface area contributed by atoms with Crippen LogP contribution in [0.15, 0.2) is 10.9 Å². The number of aldehydes is 1. The lowest BCUT2D eigenvalue weighted by molar-refractivity contribution is -0.118. The zero-order valence-corrected chi connectivity index (χ0v) is 14.8. The number of carbonyl (C=O) groups excluding carboxylic acids is 2. The summed E-state index contributed by atoms with van der Waals surface area (Å²) in [6.45, 7) is 9.62. The number of hydrogen-bond donors (Lipinski definition) is 1. The number of nitrogens with zero attached hydrogens (tertiary/aromatic N) is 1. The van der Waals surface area contributed by atoms with Gasteiger partial charge in [-0.1, -0.05) is 0 Å². The van der Waals surface area contributed by atoms with E-state index in [2.05, 4.69) is 10.3 Å². The van der Waals surface area contributed by atoms with Crippen molar-refractivity contribution in [2.24, 2.45) is 0 Å². The van der Waals surface area contributed by atoms with Gasteiger partial charge in [0.15, 0.2) is 6.29 Å². The number of hydrogen-bond acceptors (Lipinski definition) is 6. The molecule has 0 aliphatic carbocycles. The van der Waals surface area contributed by atoms with E-state index in [1.165, 1.54) is 18.3 Å². The van der Waals surface area contributed by atoms with Crippen LogP contribution in [0.2, 0.25) is 0 Å². The van der Waals surface area contributed by atoms with E-state index in [0.29, 0.717) is 23.5 Å². The fourth-order valence-electron chi connectivity index (χ4n) is 2.00. The molecule has 2 rings (SSSR count). The van der Waals surface area contributed by atoms with Crippen LogP contribution in [0.3, 0.4) is 0 Å². The standard InChI is InChI=1S/C15H21BN2O4S/c1-10(20)17-7-11(6-13-18-12(8-19)9-23-13)16-21-14(2,3)15(4,5)22-16/h6,8-9H,7H2,1-5H3,(H,17,20). The third kappa shape index (κ3) is 4.07. The molecule has 0 saturated carbocycles. The molecule has 1 aromatic rings. The molecule has 1 saturated heterocycles. The van der Waals surface area contributed by atoms with Gasteiger partial charge < -0.3 is 14.6 Å². The molecule has 2 heterocycles. The number of amides is 1. The monoisotopic (exact) mass is 336 g/mol. The minimum absolute atomic E-state index is 0.139. The fraction of sp³-hybridized carbons (Fsp3) is 0.533. The highest BCUT2D eigenvalue weighted by Crippen LogP contribution is 2.38. The second-order valence-electron chi connectivity index (χ2n) is 6.45. The average Bonchev–Trinajstić information content (AvgIpc) is 2.97. The van der Waals surface area contributed by atoms with Crippen LogP contribution < -0.4 is 5.32 Å². The number of carbonyl (C=O) groups is 2. The average molecular weight is 336 g/mol. The highest BCUT2D eigenvalue weighted by Gasteiger charge is 2.52. The first kappa shape index (κ1) is 17.8. The van der Waals surface area contributed by atoms with Gasteiger partial charge in [0, 0.05) is 18.8 Å². The van der Waals surface area contributed by atoms with E-state index in [9.17, 15) is 9.59 Å². The molecular weight excluding hydrogens is 315 g/mol. The predicted molar refractivity (Wildman–Crippen MR) is 90.2 cm³/mol. The van der Waals surface area contributed by atoms with Gasteiger partial charge in [-0.05, 0) is 39.2 Å². The van der Waals surface area contributed by atoms with Gasteiger partial charge in [0.25, 0.3) is 0 Å². The second kappa shape index (κ2) is 6.55. The van der Waals surface area contributed by atoms with Gasteiger partial charge in [0.05, 0.1) is 11.2 Å². The number of nitrogens with one attached hydrogen (secondary N) is 1. The van der Waals surface area contributed by atoms with Gasteiger partial charge in [-0.25, -0.2) is 4.98 Å². The zero-order chi connectivity index (χ0) is 17.3. The Kier molecular flexibility index (Phi) is 5.08. The largest absolute Gasteiger partial charge is 0.492 e. The minimum Gasteiger partial charge on any atom is -0.400 e. The second-order valence-corrected chi connectivity index (χ2v) is 7.34. The van der Waals surface area contributed by atoms with Gasteiger partial charge in [-0.3, -0.25) is 9.59 Å². The minimum atomic E-state index is -0.574. The Morgan fingerprint density at radius 2 is 1.96 bits per heavy atom. The van der Waals surface area contributed by atoms with Crippen molar-refractivity contribution < 1.29 is 18.9 Å². The van der Waals surface area contributed by atoms with Crippen LogP contribution in [0.25, 0.3) is 6.08 Å². The van der Waals surface area contributed by atoms with E-state index in [1.807, 2.05) is 27.7 Å². The summed E-state index contributed by atoms with van der Waals surface area (Å²) in [5.41, 5.74) is 0.202. The molecule has 1 amide bonds. The Hall–Kier alpha value is -1.51. The van der Waals surface area contributed by atoms with Crippen LogP contribution in [0.1, 0.15) is 50.1 Å². The van der Waals surface area contributed by atoms with Crippen molar-refractivity contribution in [3.05, 3.63) is 21.6 Å². The van der Waals surface area contributed by atoms with Crippen molar-refractivity contribution in [3.8, 4) is 0 Å². The first-order valence-electron chi connectivity index (χ1n) is 7.36. The van der Waals surface area contributed by atoms with E-state index in [-0.39, 0.29) is 5.91 Å². The van der Waals surface area contributed by atoms with Crippen molar-refractivity contribution in [1.82, 2.24) is 10.3 Å². The Morgan fingerprint density at radius 1 is 1.35 bits per heavy atom. The molecule has 6 nitrogen and oxygen atoms in total. The van der Waals surface area contributed by atoms with E-state index in [1.54, 1.807) is 11.5 Å². The maximum atomic E-state index is 11.2. The lowest BCUT2D eigenvalue weighted by atomic mass is 9.77. The van der Waals surface area contributed by atoms with Crippen LogP contribution in [0, 0.1) is 0 Å². The molecule has 124 valence electrons. The SMILES string of the molecule is CC(=O)NCC(=Cc1nc(C=O)cs1)B1OC(C)(C)C(C)(C)O1. The summed E-state index contributed by atoms with van der Waals surface area (Å²) in [5, 5.41) is 5.11. The number of aromatic nitrogens is 1. The lowest BCUT2D eigenvalue weighted by Gasteiger charge is -2.32. The third-order valence-corrected chi connectivity index (χ3v) is 4.88. The molecule has 0 aromatic carbocycles. The van der Waals surface area contributed by atoms with Crippen LogP contribution in [0.5, 0.6) is 0 Å². The quantitative estimate of drug-likeness (QED) is 0.658. The van der Waals surface area contributed by atoms with Crippen LogP contribution in [-0.4, -0.2) is 42.0 Å². The maximum absolute atomic E-state index is 11.2. The van der Waals surface area contributed by atoms with E-state index >= 15 is 0 Å². The summed E-state index contributed by atoms with van der Waals surface area (Å²) in [6, 6.07) is 0. The van der Waals surface area contributed by atoms with Gasteiger partial charge in [0.1, 0.15) is 10.7 Å². The van der Waals surface area contributed by atoms with E-state index in [0.717, 1.165) is 5.47 Å². The highest BCUT2D eigenvalue weighted by molar-refractivity contribution is 7.10. The predicted octanol–water partition coefficient (Wildman–Crippen LogP) is 2.11. The van der Waals surface area contributed by atoms with E-state index < -0.39 is 18.3 Å². The molecule has 1 aliphatic heterocycles. The molecular formula is C15H21BN2O4S.